The third kappa shape index (κ3) is 3.47. The molecule has 1 heterocycles. The van der Waals surface area contributed by atoms with E-state index in [-0.39, 0.29) is 12.5 Å². The summed E-state index contributed by atoms with van der Waals surface area (Å²) in [5.74, 6) is -2.11. The molecule has 6 nitrogen and oxygen atoms in total. The number of benzene rings is 1. The fourth-order valence-electron chi connectivity index (χ4n) is 2.38. The zero-order chi connectivity index (χ0) is 16.3. The summed E-state index contributed by atoms with van der Waals surface area (Å²) in [5.41, 5.74) is 1.82. The molecular weight excluding hydrogens is 352 g/mol. The van der Waals surface area contributed by atoms with Crippen molar-refractivity contribution in [2.24, 2.45) is 0 Å². The van der Waals surface area contributed by atoms with Crippen molar-refractivity contribution >= 4 is 39.4 Å². The van der Waals surface area contributed by atoms with E-state index >= 15 is 0 Å². The van der Waals surface area contributed by atoms with Gasteiger partial charge in [0.2, 0.25) is 5.91 Å². The molecular formula is C15H17BrN2O4. The molecule has 0 saturated heterocycles. The van der Waals surface area contributed by atoms with Gasteiger partial charge in [-0.2, -0.15) is 0 Å². The first kappa shape index (κ1) is 16.5. The molecule has 118 valence electrons. The largest absolute Gasteiger partial charge is 0.459 e. The lowest BCUT2D eigenvalue weighted by atomic mass is 10.1. The van der Waals surface area contributed by atoms with Crippen LogP contribution in [-0.4, -0.2) is 37.5 Å². The molecule has 0 bridgehead atoms. The second kappa shape index (κ2) is 6.91. The van der Waals surface area contributed by atoms with Crippen LogP contribution in [0.2, 0.25) is 0 Å². The number of hydrogen-bond acceptors (Lipinski definition) is 4. The van der Waals surface area contributed by atoms with Crippen molar-refractivity contribution in [2.75, 3.05) is 18.6 Å². The summed E-state index contributed by atoms with van der Waals surface area (Å²) in [6, 6.07) is 4.98. The summed E-state index contributed by atoms with van der Waals surface area (Å²) in [4.78, 5) is 37.1. The van der Waals surface area contributed by atoms with Crippen LogP contribution >= 0.6 is 15.9 Å². The Balaban J connectivity index is 2.16. The van der Waals surface area contributed by atoms with E-state index in [1.54, 1.807) is 14.0 Å². The van der Waals surface area contributed by atoms with Gasteiger partial charge in [0.1, 0.15) is 6.04 Å². The van der Waals surface area contributed by atoms with Gasteiger partial charge < -0.3 is 15.0 Å². The normalized spacial score (nSPS) is 17.5. The van der Waals surface area contributed by atoms with E-state index in [2.05, 4.69) is 26.0 Å². The van der Waals surface area contributed by atoms with Crippen LogP contribution in [0.3, 0.4) is 0 Å². The van der Waals surface area contributed by atoms with Crippen molar-refractivity contribution in [3.63, 3.8) is 0 Å². The highest BCUT2D eigenvalue weighted by molar-refractivity contribution is 9.10. The molecule has 1 atom stereocenters. The lowest BCUT2D eigenvalue weighted by molar-refractivity contribution is -0.155. The molecule has 1 aromatic rings. The number of ether oxygens (including phenoxy) is 1. The number of esters is 1. The van der Waals surface area contributed by atoms with Crippen LogP contribution in [0.4, 0.5) is 5.69 Å². The van der Waals surface area contributed by atoms with Gasteiger partial charge in [-0.25, -0.2) is 4.79 Å². The van der Waals surface area contributed by atoms with Crippen molar-refractivity contribution in [3.8, 4) is 0 Å². The maximum atomic E-state index is 12.5. The molecule has 1 aromatic carbocycles. The first-order valence-electron chi connectivity index (χ1n) is 6.97. The Morgan fingerprint density at radius 1 is 1.45 bits per heavy atom. The highest BCUT2D eigenvalue weighted by atomic mass is 79.9. The van der Waals surface area contributed by atoms with Gasteiger partial charge in [-0.3, -0.25) is 9.59 Å². The number of likely N-dealkylation sites (N-methyl/N-ethyl adjacent to an activating group) is 1. The number of amides is 2. The third-order valence-electron chi connectivity index (χ3n) is 3.51. The SMILES string of the molecule is CCOC(=O)C(=O)NC1CCc2ccc(Br)cc2N(C)C1=O. The molecule has 0 radical (unpaired) electrons. The van der Waals surface area contributed by atoms with E-state index < -0.39 is 17.9 Å². The summed E-state index contributed by atoms with van der Waals surface area (Å²) in [6.07, 6.45) is 1.06. The van der Waals surface area contributed by atoms with Gasteiger partial charge in [0.15, 0.2) is 0 Å². The second-order valence-corrected chi connectivity index (χ2v) is 5.87. The van der Waals surface area contributed by atoms with Crippen LogP contribution in [0.5, 0.6) is 0 Å². The van der Waals surface area contributed by atoms with Gasteiger partial charge in [0.05, 0.1) is 6.61 Å². The zero-order valence-corrected chi connectivity index (χ0v) is 14.0. The van der Waals surface area contributed by atoms with E-state index in [0.717, 1.165) is 15.7 Å². The van der Waals surface area contributed by atoms with Crippen LogP contribution in [0.25, 0.3) is 0 Å². The standard InChI is InChI=1S/C15H17BrN2O4/c1-3-22-15(21)13(19)17-11-7-5-9-4-6-10(16)8-12(9)18(2)14(11)20/h4,6,8,11H,3,5,7H2,1-2H3,(H,17,19). The van der Waals surface area contributed by atoms with Crippen molar-refractivity contribution in [1.82, 2.24) is 5.32 Å². The monoisotopic (exact) mass is 368 g/mol. The second-order valence-electron chi connectivity index (χ2n) is 4.96. The number of aryl methyl sites for hydroxylation is 1. The molecule has 0 spiro atoms. The Morgan fingerprint density at radius 3 is 2.86 bits per heavy atom. The average Bonchev–Trinajstić information content (AvgIpc) is 2.60. The summed E-state index contributed by atoms with van der Waals surface area (Å²) < 4.78 is 5.51. The molecule has 1 aliphatic rings. The van der Waals surface area contributed by atoms with E-state index in [1.165, 1.54) is 4.90 Å². The lowest BCUT2D eigenvalue weighted by Crippen LogP contribution is -2.49. The van der Waals surface area contributed by atoms with Gasteiger partial charge in [0, 0.05) is 17.2 Å². The summed E-state index contributed by atoms with van der Waals surface area (Å²) >= 11 is 3.39. The molecule has 0 saturated carbocycles. The summed E-state index contributed by atoms with van der Waals surface area (Å²) in [6.45, 7) is 1.73. The molecule has 0 fully saturated rings. The molecule has 1 aliphatic heterocycles. The van der Waals surface area contributed by atoms with Crippen LogP contribution < -0.4 is 10.2 Å². The average molecular weight is 369 g/mol. The number of anilines is 1. The van der Waals surface area contributed by atoms with Crippen LogP contribution in [0, 0.1) is 0 Å². The fourth-order valence-corrected chi connectivity index (χ4v) is 2.73. The predicted molar refractivity (Wildman–Crippen MR) is 84.4 cm³/mol. The molecule has 1 unspecified atom stereocenters. The van der Waals surface area contributed by atoms with Gasteiger partial charge in [-0.05, 0) is 37.5 Å². The van der Waals surface area contributed by atoms with Gasteiger partial charge in [-0.15, -0.1) is 0 Å². The number of rotatable bonds is 2. The van der Waals surface area contributed by atoms with Crippen LogP contribution in [0.1, 0.15) is 18.9 Å². The van der Waals surface area contributed by atoms with Crippen LogP contribution in [0.15, 0.2) is 22.7 Å². The Morgan fingerprint density at radius 2 is 2.18 bits per heavy atom. The van der Waals surface area contributed by atoms with Gasteiger partial charge in [0.25, 0.3) is 0 Å². The zero-order valence-electron chi connectivity index (χ0n) is 12.4. The summed E-state index contributed by atoms with van der Waals surface area (Å²) in [7, 11) is 1.66. The highest BCUT2D eigenvalue weighted by Gasteiger charge is 2.31. The first-order chi connectivity index (χ1) is 10.4. The van der Waals surface area contributed by atoms with Crippen molar-refractivity contribution in [1.29, 1.82) is 0 Å². The smallest absolute Gasteiger partial charge is 0.396 e. The summed E-state index contributed by atoms with van der Waals surface area (Å²) in [5, 5.41) is 2.46. The molecule has 1 N–H and O–H groups in total. The van der Waals surface area contributed by atoms with Gasteiger partial charge >= 0.3 is 11.9 Å². The number of halogens is 1. The molecule has 0 aromatic heterocycles. The first-order valence-corrected chi connectivity index (χ1v) is 7.77. The Hall–Kier alpha value is -1.89. The number of carbonyl (C=O) groups excluding carboxylic acids is 3. The number of fused-ring (bicyclic) bond motifs is 1. The quantitative estimate of drug-likeness (QED) is 0.632. The molecule has 22 heavy (non-hydrogen) atoms. The molecule has 0 aliphatic carbocycles. The Bertz CT molecular complexity index is 618. The number of carbonyl (C=O) groups is 3. The Kier molecular flexibility index (Phi) is 5.18. The van der Waals surface area contributed by atoms with Gasteiger partial charge in [-0.1, -0.05) is 22.0 Å². The van der Waals surface area contributed by atoms with E-state index in [9.17, 15) is 14.4 Å². The Labute approximate surface area is 136 Å². The van der Waals surface area contributed by atoms with E-state index in [1.807, 2.05) is 18.2 Å². The van der Waals surface area contributed by atoms with Crippen molar-refractivity contribution < 1.29 is 19.1 Å². The molecule has 2 rings (SSSR count). The third-order valence-corrected chi connectivity index (χ3v) is 4.00. The molecule has 7 heteroatoms. The topological polar surface area (TPSA) is 75.7 Å². The van der Waals surface area contributed by atoms with Crippen molar-refractivity contribution in [2.45, 2.75) is 25.8 Å². The minimum absolute atomic E-state index is 0.115. The number of hydrogen-bond donors (Lipinski definition) is 1. The minimum Gasteiger partial charge on any atom is -0.459 e. The highest BCUT2D eigenvalue weighted by Crippen LogP contribution is 2.29. The maximum Gasteiger partial charge on any atom is 0.396 e. The minimum atomic E-state index is -0.970. The van der Waals surface area contributed by atoms with Crippen LogP contribution in [-0.2, 0) is 25.5 Å². The molecule has 2 amide bonds. The lowest BCUT2D eigenvalue weighted by Gasteiger charge is -2.22. The number of nitrogens with one attached hydrogen (secondary N) is 1. The fraction of sp³-hybridized carbons (Fsp3) is 0.400. The van der Waals surface area contributed by atoms with Crippen molar-refractivity contribution in [3.05, 3.63) is 28.2 Å². The number of nitrogens with zero attached hydrogens (tertiary/aromatic N) is 1. The predicted octanol–water partition coefficient (Wildman–Crippen LogP) is 1.41. The maximum absolute atomic E-state index is 12.5. The van der Waals surface area contributed by atoms with E-state index in [0.29, 0.717) is 12.8 Å². The van der Waals surface area contributed by atoms with E-state index in [4.69, 9.17) is 0 Å².